The van der Waals surface area contributed by atoms with Gasteiger partial charge in [-0.15, -0.1) is 0 Å². The van der Waals surface area contributed by atoms with Gasteiger partial charge in [0.15, 0.2) is 0 Å². The van der Waals surface area contributed by atoms with Crippen LogP contribution in [0.1, 0.15) is 13.8 Å². The van der Waals surface area contributed by atoms with Gasteiger partial charge in [-0.1, -0.05) is 13.8 Å². The molecule has 4 nitrogen and oxygen atoms in total. The van der Waals surface area contributed by atoms with E-state index in [-0.39, 0.29) is 0 Å². The third-order valence-electron chi connectivity index (χ3n) is 1.50. The highest BCUT2D eigenvalue weighted by Gasteiger charge is 2.21. The number of nitrogens with zero attached hydrogens (tertiary/aromatic N) is 1. The molecular formula is C5H14N4. The van der Waals surface area contributed by atoms with Gasteiger partial charge in [0.25, 0.3) is 0 Å². The molecule has 4 heteroatoms. The van der Waals surface area contributed by atoms with E-state index in [4.69, 9.17) is 0 Å². The topological polar surface area (TPSA) is 39.3 Å². The summed E-state index contributed by atoms with van der Waals surface area (Å²) < 4.78 is 0. The van der Waals surface area contributed by atoms with Gasteiger partial charge in [0.1, 0.15) is 0 Å². The van der Waals surface area contributed by atoms with Crippen LogP contribution in [0.15, 0.2) is 0 Å². The molecule has 1 saturated heterocycles. The molecule has 0 spiro atoms. The Morgan fingerprint density at radius 2 is 2.11 bits per heavy atom. The minimum Gasteiger partial charge on any atom is -0.224 e. The van der Waals surface area contributed by atoms with Crippen molar-refractivity contribution in [2.24, 2.45) is 5.92 Å². The van der Waals surface area contributed by atoms with Crippen molar-refractivity contribution >= 4 is 0 Å². The zero-order chi connectivity index (χ0) is 6.85. The average molecular weight is 130 g/mol. The minimum absolute atomic E-state index is 0.394. The molecule has 0 aromatic heterocycles. The van der Waals surface area contributed by atoms with Gasteiger partial charge in [-0.25, -0.2) is 10.4 Å². The van der Waals surface area contributed by atoms with Crippen LogP contribution < -0.4 is 16.5 Å². The van der Waals surface area contributed by atoms with Crippen molar-refractivity contribution < 1.29 is 0 Å². The Hall–Kier alpha value is -0.160. The fourth-order valence-electron chi connectivity index (χ4n) is 0.975. The number of rotatable bonds is 1. The Kier molecular flexibility index (Phi) is 2.02. The van der Waals surface area contributed by atoms with Crippen molar-refractivity contribution in [2.45, 2.75) is 20.0 Å². The number of hydrogen-bond donors (Lipinski definition) is 3. The van der Waals surface area contributed by atoms with Gasteiger partial charge in [-0.2, -0.15) is 11.1 Å². The van der Waals surface area contributed by atoms with E-state index in [1.54, 1.807) is 0 Å². The molecule has 0 radical (unpaired) electrons. The standard InChI is InChI=1S/C5H14N4/c1-4(2)5-6-7-8-9(5)3/h4-8H,1-3H3. The van der Waals surface area contributed by atoms with Gasteiger partial charge < -0.3 is 0 Å². The SMILES string of the molecule is CC(C)C1NNNN1C. The Labute approximate surface area is 55.5 Å². The van der Waals surface area contributed by atoms with Crippen LogP contribution in [0.4, 0.5) is 0 Å². The number of nitrogens with one attached hydrogen (secondary N) is 3. The summed E-state index contributed by atoms with van der Waals surface area (Å²) in [6.07, 6.45) is 0.394. The van der Waals surface area contributed by atoms with E-state index >= 15 is 0 Å². The minimum atomic E-state index is 0.394. The van der Waals surface area contributed by atoms with Crippen LogP contribution in [0.5, 0.6) is 0 Å². The van der Waals surface area contributed by atoms with Crippen molar-refractivity contribution in [1.82, 2.24) is 21.5 Å². The first-order valence-electron chi connectivity index (χ1n) is 3.21. The van der Waals surface area contributed by atoms with Crippen LogP contribution in [0, 0.1) is 5.92 Å². The summed E-state index contributed by atoms with van der Waals surface area (Å²) in [5.41, 5.74) is 8.82. The molecule has 0 saturated carbocycles. The fraction of sp³-hybridized carbons (Fsp3) is 1.00. The molecular weight excluding hydrogens is 116 g/mol. The molecule has 9 heavy (non-hydrogen) atoms. The molecule has 3 N–H and O–H groups in total. The first-order valence-corrected chi connectivity index (χ1v) is 3.21. The second-order valence-corrected chi connectivity index (χ2v) is 2.68. The molecule has 54 valence electrons. The van der Waals surface area contributed by atoms with Crippen LogP contribution >= 0.6 is 0 Å². The summed E-state index contributed by atoms with van der Waals surface area (Å²) in [4.78, 5) is 0. The molecule has 1 atom stereocenters. The molecule has 0 aromatic carbocycles. The van der Waals surface area contributed by atoms with E-state index < -0.39 is 0 Å². The van der Waals surface area contributed by atoms with Crippen molar-refractivity contribution in [2.75, 3.05) is 7.05 Å². The molecule has 1 unspecified atom stereocenters. The van der Waals surface area contributed by atoms with Gasteiger partial charge in [0.2, 0.25) is 0 Å². The first kappa shape index (κ1) is 6.95. The molecule has 1 rings (SSSR count). The lowest BCUT2D eigenvalue weighted by atomic mass is 10.1. The fourth-order valence-corrected chi connectivity index (χ4v) is 0.975. The van der Waals surface area contributed by atoms with Crippen molar-refractivity contribution in [3.05, 3.63) is 0 Å². The van der Waals surface area contributed by atoms with Crippen LogP contribution in [0.2, 0.25) is 0 Å². The Morgan fingerprint density at radius 3 is 2.33 bits per heavy atom. The summed E-state index contributed by atoms with van der Waals surface area (Å²) >= 11 is 0. The van der Waals surface area contributed by atoms with Gasteiger partial charge in [-0.3, -0.25) is 0 Å². The molecule has 0 bridgehead atoms. The second kappa shape index (κ2) is 2.62. The Bertz CT molecular complexity index is 93.0. The van der Waals surface area contributed by atoms with Crippen molar-refractivity contribution in [1.29, 1.82) is 0 Å². The van der Waals surface area contributed by atoms with Crippen LogP contribution in [0.3, 0.4) is 0 Å². The lowest BCUT2D eigenvalue weighted by molar-refractivity contribution is 0.180. The van der Waals surface area contributed by atoms with E-state index in [2.05, 4.69) is 30.3 Å². The number of hydrogen-bond acceptors (Lipinski definition) is 4. The summed E-state index contributed by atoms with van der Waals surface area (Å²) in [7, 11) is 2.00. The van der Waals surface area contributed by atoms with Crippen molar-refractivity contribution in [3.63, 3.8) is 0 Å². The van der Waals surface area contributed by atoms with E-state index in [0.717, 1.165) is 0 Å². The molecule has 1 aliphatic rings. The smallest absolute Gasteiger partial charge is 0.0907 e. The molecule has 0 aromatic rings. The average Bonchev–Trinajstić information content (AvgIpc) is 2.13. The molecule has 1 aliphatic heterocycles. The van der Waals surface area contributed by atoms with E-state index in [1.807, 2.05) is 12.1 Å². The maximum absolute atomic E-state index is 3.07. The molecule has 1 fully saturated rings. The summed E-state index contributed by atoms with van der Waals surface area (Å²) in [6, 6.07) is 0. The summed E-state index contributed by atoms with van der Waals surface area (Å²) in [5, 5.41) is 2.00. The van der Waals surface area contributed by atoms with E-state index in [1.165, 1.54) is 0 Å². The summed E-state index contributed by atoms with van der Waals surface area (Å²) in [5.74, 6) is 0.609. The maximum Gasteiger partial charge on any atom is 0.0907 e. The molecule has 1 heterocycles. The Morgan fingerprint density at radius 1 is 1.44 bits per heavy atom. The highest BCUT2D eigenvalue weighted by Crippen LogP contribution is 2.03. The first-order chi connectivity index (χ1) is 4.22. The van der Waals surface area contributed by atoms with E-state index in [9.17, 15) is 0 Å². The normalized spacial score (nSPS) is 30.0. The zero-order valence-electron chi connectivity index (χ0n) is 6.10. The lowest BCUT2D eigenvalue weighted by Crippen LogP contribution is -2.39. The second-order valence-electron chi connectivity index (χ2n) is 2.68. The monoisotopic (exact) mass is 130 g/mol. The predicted molar refractivity (Wildman–Crippen MR) is 35.8 cm³/mol. The highest BCUT2D eigenvalue weighted by molar-refractivity contribution is 4.67. The quantitative estimate of drug-likeness (QED) is 0.444. The van der Waals surface area contributed by atoms with Crippen LogP contribution in [-0.4, -0.2) is 18.2 Å². The lowest BCUT2D eigenvalue weighted by Gasteiger charge is -2.19. The third kappa shape index (κ3) is 1.40. The maximum atomic E-state index is 3.07. The Balaban J connectivity index is 2.40. The van der Waals surface area contributed by atoms with Crippen LogP contribution in [0.25, 0.3) is 0 Å². The molecule has 0 aliphatic carbocycles. The van der Waals surface area contributed by atoms with E-state index in [0.29, 0.717) is 12.1 Å². The highest BCUT2D eigenvalue weighted by atomic mass is 15.9. The van der Waals surface area contributed by atoms with Crippen LogP contribution in [-0.2, 0) is 0 Å². The number of hydrazine groups is 3. The predicted octanol–water partition coefficient (Wildman–Crippen LogP) is -0.572. The van der Waals surface area contributed by atoms with Gasteiger partial charge in [0, 0.05) is 7.05 Å². The third-order valence-corrected chi connectivity index (χ3v) is 1.50. The molecule has 0 amide bonds. The zero-order valence-corrected chi connectivity index (χ0v) is 6.10. The van der Waals surface area contributed by atoms with Gasteiger partial charge in [-0.05, 0) is 5.92 Å². The largest absolute Gasteiger partial charge is 0.224 e. The van der Waals surface area contributed by atoms with Crippen molar-refractivity contribution in [3.8, 4) is 0 Å². The summed E-state index contributed by atoms with van der Waals surface area (Å²) in [6.45, 7) is 4.34. The van der Waals surface area contributed by atoms with Gasteiger partial charge >= 0.3 is 0 Å². The van der Waals surface area contributed by atoms with Gasteiger partial charge in [0.05, 0.1) is 6.17 Å².